The van der Waals surface area contributed by atoms with Gasteiger partial charge in [-0.05, 0) is 56.7 Å². The molecule has 1 aliphatic carbocycles. The summed E-state index contributed by atoms with van der Waals surface area (Å²) in [6.07, 6.45) is -1.29. The molecule has 191 valence electrons. The lowest BCUT2D eigenvalue weighted by atomic mass is 9.78. The van der Waals surface area contributed by atoms with Crippen LogP contribution in [-0.2, 0) is 25.1 Å². The van der Waals surface area contributed by atoms with Gasteiger partial charge in [0.1, 0.15) is 6.10 Å². The lowest BCUT2D eigenvalue weighted by Gasteiger charge is -2.27. The minimum Gasteiger partial charge on any atom is -0.250 e. The Labute approximate surface area is 209 Å². The molecule has 0 bridgehead atoms. The van der Waals surface area contributed by atoms with Crippen molar-refractivity contribution >= 4 is 24.1 Å². The quantitative estimate of drug-likeness (QED) is 0.232. The first-order valence-corrected chi connectivity index (χ1v) is 15.5. The van der Waals surface area contributed by atoms with E-state index in [1.807, 2.05) is 6.07 Å². The first kappa shape index (κ1) is 27.7. The standard InChI is InChI=1S/C27H34F3O3SSi/c1-16-23(33-34(31,32)27(28,29)30)21-12-10-11-20(22(21)24(16)35(8)9)17-13-18(25(2,3)4)15-19(14-17)26(5,6)7/h10-15,23H,1-9H3. The molecular formula is C27H34F3O3SSi. The molecule has 1 atom stereocenters. The maximum absolute atomic E-state index is 13.2. The lowest BCUT2D eigenvalue weighted by Crippen LogP contribution is -2.27. The van der Waals surface area contributed by atoms with E-state index in [0.717, 1.165) is 33.0 Å². The molecular weight excluding hydrogens is 489 g/mol. The Morgan fingerprint density at radius 3 is 1.83 bits per heavy atom. The average Bonchev–Trinajstić information content (AvgIpc) is 2.97. The fourth-order valence-corrected chi connectivity index (χ4v) is 6.78. The van der Waals surface area contributed by atoms with Crippen LogP contribution >= 0.6 is 0 Å². The zero-order valence-corrected chi connectivity index (χ0v) is 23.6. The topological polar surface area (TPSA) is 43.4 Å². The van der Waals surface area contributed by atoms with Crippen LogP contribution in [-0.4, -0.2) is 22.7 Å². The average molecular weight is 524 g/mol. The monoisotopic (exact) mass is 523 g/mol. The SMILES string of the molecule is CC1=C([Si](C)C)c2c(-c3cc(C(C)(C)C)cc(C(C)(C)C)c3)cccc2C1OS(=O)(=O)C(F)(F)F. The summed E-state index contributed by atoms with van der Waals surface area (Å²) in [7, 11) is -6.94. The van der Waals surface area contributed by atoms with E-state index in [1.165, 1.54) is 0 Å². The Morgan fingerprint density at radius 1 is 0.886 bits per heavy atom. The van der Waals surface area contributed by atoms with E-state index in [0.29, 0.717) is 11.1 Å². The molecule has 0 aromatic heterocycles. The number of hydrogen-bond donors (Lipinski definition) is 0. The van der Waals surface area contributed by atoms with Gasteiger partial charge >= 0.3 is 15.6 Å². The van der Waals surface area contributed by atoms with Gasteiger partial charge in [0, 0.05) is 0 Å². The molecule has 0 saturated carbocycles. The third-order valence-electron chi connectivity index (χ3n) is 6.40. The summed E-state index contributed by atoms with van der Waals surface area (Å²) in [6, 6.07) is 11.9. The molecule has 3 rings (SSSR count). The third kappa shape index (κ3) is 5.30. The summed E-state index contributed by atoms with van der Waals surface area (Å²) in [5.74, 6) is 0. The van der Waals surface area contributed by atoms with Crippen molar-refractivity contribution in [2.24, 2.45) is 0 Å². The highest BCUT2D eigenvalue weighted by Gasteiger charge is 2.50. The van der Waals surface area contributed by atoms with Crippen molar-refractivity contribution < 1.29 is 25.8 Å². The van der Waals surface area contributed by atoms with Crippen molar-refractivity contribution in [3.8, 4) is 11.1 Å². The number of fused-ring (bicyclic) bond motifs is 1. The Hall–Kier alpha value is -1.90. The van der Waals surface area contributed by atoms with Crippen molar-refractivity contribution in [3.63, 3.8) is 0 Å². The van der Waals surface area contributed by atoms with E-state index in [2.05, 4.69) is 72.8 Å². The normalized spacial score (nSPS) is 17.3. The van der Waals surface area contributed by atoms with Crippen molar-refractivity contribution in [2.45, 2.75) is 84.0 Å². The largest absolute Gasteiger partial charge is 0.523 e. The van der Waals surface area contributed by atoms with Crippen LogP contribution in [0.25, 0.3) is 16.3 Å². The molecule has 0 saturated heterocycles. The predicted octanol–water partition coefficient (Wildman–Crippen LogP) is 7.94. The Bertz CT molecular complexity index is 1250. The predicted molar refractivity (Wildman–Crippen MR) is 138 cm³/mol. The zero-order valence-electron chi connectivity index (χ0n) is 21.8. The molecule has 35 heavy (non-hydrogen) atoms. The Kier molecular flexibility index (Phi) is 7.03. The Morgan fingerprint density at radius 2 is 1.40 bits per heavy atom. The van der Waals surface area contributed by atoms with E-state index in [9.17, 15) is 21.6 Å². The second-order valence-electron chi connectivity index (χ2n) is 11.5. The van der Waals surface area contributed by atoms with Crippen LogP contribution in [0.4, 0.5) is 13.2 Å². The first-order chi connectivity index (χ1) is 15.8. The number of benzene rings is 2. The highest BCUT2D eigenvalue weighted by atomic mass is 32.2. The molecule has 0 amide bonds. The van der Waals surface area contributed by atoms with Gasteiger partial charge < -0.3 is 0 Å². The van der Waals surface area contributed by atoms with Gasteiger partial charge in [0.15, 0.2) is 0 Å². The molecule has 1 radical (unpaired) electrons. The molecule has 3 nitrogen and oxygen atoms in total. The van der Waals surface area contributed by atoms with E-state index < -0.39 is 30.5 Å². The first-order valence-electron chi connectivity index (χ1n) is 11.6. The van der Waals surface area contributed by atoms with Gasteiger partial charge in [-0.25, -0.2) is 0 Å². The summed E-state index contributed by atoms with van der Waals surface area (Å²) in [5, 5.41) is 0.918. The second-order valence-corrected chi connectivity index (χ2v) is 15.6. The van der Waals surface area contributed by atoms with E-state index in [-0.39, 0.29) is 10.8 Å². The summed E-state index contributed by atoms with van der Waals surface area (Å²) in [4.78, 5) is 0. The highest BCUT2D eigenvalue weighted by molar-refractivity contribution is 7.87. The summed E-state index contributed by atoms with van der Waals surface area (Å²) in [5.41, 5.74) is 0.253. The number of alkyl halides is 3. The van der Waals surface area contributed by atoms with E-state index >= 15 is 0 Å². The van der Waals surface area contributed by atoms with Gasteiger partial charge in [-0.2, -0.15) is 21.6 Å². The molecule has 0 fully saturated rings. The Balaban J connectivity index is 2.32. The summed E-state index contributed by atoms with van der Waals surface area (Å²) in [6.45, 7) is 18.7. The summed E-state index contributed by atoms with van der Waals surface area (Å²) >= 11 is 0. The van der Waals surface area contributed by atoms with Gasteiger partial charge in [0.05, 0.1) is 8.80 Å². The minimum atomic E-state index is -5.76. The van der Waals surface area contributed by atoms with Crippen LogP contribution < -0.4 is 0 Å². The second kappa shape index (κ2) is 8.89. The molecule has 2 aromatic carbocycles. The zero-order chi connectivity index (χ0) is 26.7. The number of rotatable bonds is 4. The fraction of sp³-hybridized carbons (Fsp3) is 0.481. The van der Waals surface area contributed by atoms with Gasteiger partial charge in [0.2, 0.25) is 0 Å². The van der Waals surface area contributed by atoms with Crippen LogP contribution in [0, 0.1) is 0 Å². The highest BCUT2D eigenvalue weighted by Crippen LogP contribution is 2.49. The van der Waals surface area contributed by atoms with Crippen LogP contribution in [0.2, 0.25) is 13.1 Å². The third-order valence-corrected chi connectivity index (χ3v) is 9.06. The fourth-order valence-electron chi connectivity index (χ4n) is 4.47. The molecule has 2 aromatic rings. The van der Waals surface area contributed by atoms with Gasteiger partial charge in [0.25, 0.3) is 0 Å². The van der Waals surface area contributed by atoms with Crippen LogP contribution in [0.15, 0.2) is 42.0 Å². The van der Waals surface area contributed by atoms with Crippen molar-refractivity contribution in [1.82, 2.24) is 0 Å². The van der Waals surface area contributed by atoms with Crippen LogP contribution in [0.1, 0.15) is 76.8 Å². The molecule has 0 N–H and O–H groups in total. The lowest BCUT2D eigenvalue weighted by molar-refractivity contribution is -0.0562. The number of hydrogen-bond acceptors (Lipinski definition) is 3. The molecule has 1 aliphatic rings. The maximum Gasteiger partial charge on any atom is 0.523 e. The van der Waals surface area contributed by atoms with Crippen molar-refractivity contribution in [3.05, 3.63) is 64.2 Å². The van der Waals surface area contributed by atoms with E-state index in [1.54, 1.807) is 19.1 Å². The molecule has 0 spiro atoms. The van der Waals surface area contributed by atoms with Crippen molar-refractivity contribution in [2.75, 3.05) is 0 Å². The van der Waals surface area contributed by atoms with Crippen LogP contribution in [0.5, 0.6) is 0 Å². The maximum atomic E-state index is 13.2. The van der Waals surface area contributed by atoms with Gasteiger partial charge in [-0.15, -0.1) is 0 Å². The molecule has 1 unspecified atom stereocenters. The minimum absolute atomic E-state index is 0.112. The van der Waals surface area contributed by atoms with Crippen LogP contribution in [0.3, 0.4) is 0 Å². The molecule has 0 heterocycles. The molecule has 8 heteroatoms. The van der Waals surface area contributed by atoms with Crippen molar-refractivity contribution in [1.29, 1.82) is 0 Å². The summed E-state index contributed by atoms with van der Waals surface area (Å²) < 4.78 is 68.3. The smallest absolute Gasteiger partial charge is 0.250 e. The van der Waals surface area contributed by atoms with E-state index in [4.69, 9.17) is 4.18 Å². The number of halogens is 3. The van der Waals surface area contributed by atoms with Gasteiger partial charge in [-0.1, -0.05) is 96.2 Å². The van der Waals surface area contributed by atoms with Gasteiger partial charge in [-0.3, -0.25) is 4.18 Å². The molecule has 0 aliphatic heterocycles.